The van der Waals surface area contributed by atoms with Crippen molar-refractivity contribution in [3.63, 3.8) is 0 Å². The zero-order valence-corrected chi connectivity index (χ0v) is 11.1. The molecule has 0 aromatic rings. The van der Waals surface area contributed by atoms with Gasteiger partial charge in [0.15, 0.2) is 0 Å². The minimum absolute atomic E-state index is 0.00728. The van der Waals surface area contributed by atoms with Crippen LogP contribution in [-0.4, -0.2) is 37.1 Å². The molecule has 0 spiro atoms. The predicted molar refractivity (Wildman–Crippen MR) is 66.7 cm³/mol. The van der Waals surface area contributed by atoms with E-state index < -0.39 is 0 Å². The zero-order valence-electron chi connectivity index (χ0n) is 11.1. The van der Waals surface area contributed by atoms with Gasteiger partial charge in [-0.05, 0) is 19.8 Å². The first-order valence-electron chi connectivity index (χ1n) is 6.51. The van der Waals surface area contributed by atoms with Crippen LogP contribution in [0.5, 0.6) is 0 Å². The predicted octanol–water partition coefficient (Wildman–Crippen LogP) is 2.76. The summed E-state index contributed by atoms with van der Waals surface area (Å²) in [4.78, 5) is 0. The van der Waals surface area contributed by atoms with Crippen LogP contribution >= 0.6 is 0 Å². The van der Waals surface area contributed by atoms with E-state index in [1.165, 1.54) is 12.8 Å². The molecule has 0 aliphatic heterocycles. The Bertz CT molecular complexity index is 150. The first kappa shape index (κ1) is 15.9. The quantitative estimate of drug-likeness (QED) is 0.557. The number of ether oxygens (including phenoxy) is 2. The topological polar surface area (TPSA) is 38.7 Å². The third-order valence-corrected chi connectivity index (χ3v) is 2.75. The molecule has 0 saturated heterocycles. The van der Waals surface area contributed by atoms with Crippen LogP contribution in [-0.2, 0) is 9.47 Å². The molecule has 1 N–H and O–H groups in total. The monoisotopic (exact) mass is 232 g/mol. The van der Waals surface area contributed by atoms with Gasteiger partial charge >= 0.3 is 0 Å². The lowest BCUT2D eigenvalue weighted by molar-refractivity contribution is -0.0695. The van der Waals surface area contributed by atoms with Gasteiger partial charge < -0.3 is 14.6 Å². The summed E-state index contributed by atoms with van der Waals surface area (Å²) in [6, 6.07) is 0. The molecule has 98 valence electrons. The smallest absolute Gasteiger partial charge is 0.0707 e. The summed E-state index contributed by atoms with van der Waals surface area (Å²) in [5.41, 5.74) is 0.00728. The molecule has 0 aromatic carbocycles. The van der Waals surface area contributed by atoms with Crippen molar-refractivity contribution in [1.29, 1.82) is 0 Å². The summed E-state index contributed by atoms with van der Waals surface area (Å²) < 4.78 is 11.1. The van der Waals surface area contributed by atoms with Crippen LogP contribution in [0.25, 0.3) is 0 Å². The van der Waals surface area contributed by atoms with Gasteiger partial charge in [0.05, 0.1) is 32.0 Å². The van der Waals surface area contributed by atoms with Gasteiger partial charge in [0, 0.05) is 0 Å². The molecule has 3 nitrogen and oxygen atoms in total. The van der Waals surface area contributed by atoms with Crippen LogP contribution in [0.15, 0.2) is 0 Å². The van der Waals surface area contributed by atoms with E-state index in [0.717, 1.165) is 19.3 Å². The molecule has 0 aliphatic carbocycles. The van der Waals surface area contributed by atoms with Gasteiger partial charge in [0.25, 0.3) is 0 Å². The van der Waals surface area contributed by atoms with Gasteiger partial charge in [-0.15, -0.1) is 0 Å². The molecule has 16 heavy (non-hydrogen) atoms. The Hall–Kier alpha value is -0.120. The third-order valence-electron chi connectivity index (χ3n) is 2.75. The Balaban J connectivity index is 3.73. The van der Waals surface area contributed by atoms with Gasteiger partial charge in [-0.2, -0.15) is 0 Å². The van der Waals surface area contributed by atoms with Crippen molar-refractivity contribution < 1.29 is 14.6 Å². The van der Waals surface area contributed by atoms with E-state index in [0.29, 0.717) is 19.8 Å². The van der Waals surface area contributed by atoms with E-state index in [2.05, 4.69) is 20.8 Å². The highest BCUT2D eigenvalue weighted by atomic mass is 16.5. The molecule has 1 unspecified atom stereocenters. The Labute approximate surface area is 100 Å². The highest BCUT2D eigenvalue weighted by Gasteiger charge is 2.22. The van der Waals surface area contributed by atoms with Gasteiger partial charge in [0.2, 0.25) is 0 Å². The number of aliphatic hydroxyl groups is 1. The number of aliphatic hydroxyl groups excluding tert-OH is 1. The third kappa shape index (κ3) is 8.08. The van der Waals surface area contributed by atoms with Crippen molar-refractivity contribution in [3.05, 3.63) is 0 Å². The average Bonchev–Trinajstić information content (AvgIpc) is 2.27. The van der Waals surface area contributed by atoms with Crippen LogP contribution < -0.4 is 0 Å². The second-order valence-corrected chi connectivity index (χ2v) is 4.49. The highest BCUT2D eigenvalue weighted by Crippen LogP contribution is 2.24. The maximum absolute atomic E-state index is 8.56. The molecule has 1 atom stereocenters. The van der Waals surface area contributed by atoms with Crippen molar-refractivity contribution in [2.75, 3.05) is 26.4 Å². The SMILES string of the molecule is CCCCC(C)(CCC)OCCOCCO. The largest absolute Gasteiger partial charge is 0.394 e. The second kappa shape index (κ2) is 10.1. The molecule has 0 aliphatic rings. The zero-order chi connectivity index (χ0) is 12.3. The fourth-order valence-corrected chi connectivity index (χ4v) is 1.86. The molecule has 0 amide bonds. The highest BCUT2D eigenvalue weighted by molar-refractivity contribution is 4.74. The first-order chi connectivity index (χ1) is 7.68. The second-order valence-electron chi connectivity index (χ2n) is 4.49. The van der Waals surface area contributed by atoms with E-state index >= 15 is 0 Å². The van der Waals surface area contributed by atoms with Crippen molar-refractivity contribution in [1.82, 2.24) is 0 Å². The van der Waals surface area contributed by atoms with Gasteiger partial charge in [0.1, 0.15) is 0 Å². The van der Waals surface area contributed by atoms with Gasteiger partial charge in [-0.1, -0.05) is 33.1 Å². The van der Waals surface area contributed by atoms with Crippen molar-refractivity contribution in [2.24, 2.45) is 0 Å². The summed E-state index contributed by atoms with van der Waals surface area (Å²) in [6.07, 6.45) is 5.81. The Morgan fingerprint density at radius 2 is 1.75 bits per heavy atom. The van der Waals surface area contributed by atoms with E-state index in [-0.39, 0.29) is 12.2 Å². The summed E-state index contributed by atoms with van der Waals surface area (Å²) >= 11 is 0. The summed E-state index contributed by atoms with van der Waals surface area (Å²) in [5, 5.41) is 8.56. The van der Waals surface area contributed by atoms with Crippen molar-refractivity contribution in [3.8, 4) is 0 Å². The molecule has 0 radical (unpaired) electrons. The first-order valence-corrected chi connectivity index (χ1v) is 6.51. The van der Waals surface area contributed by atoms with Gasteiger partial charge in [-0.3, -0.25) is 0 Å². The Morgan fingerprint density at radius 3 is 2.31 bits per heavy atom. The molecule has 0 bridgehead atoms. The van der Waals surface area contributed by atoms with Crippen LogP contribution in [0.2, 0.25) is 0 Å². The molecular weight excluding hydrogens is 204 g/mol. The summed E-state index contributed by atoms with van der Waals surface area (Å²) in [6.45, 7) is 8.28. The number of hydrogen-bond donors (Lipinski definition) is 1. The standard InChI is InChI=1S/C13H28O3/c1-4-6-8-13(3,7-5-2)16-12-11-15-10-9-14/h14H,4-12H2,1-3H3. The lowest BCUT2D eigenvalue weighted by Gasteiger charge is -2.29. The molecule has 0 heterocycles. The molecule has 0 aromatic heterocycles. The van der Waals surface area contributed by atoms with E-state index in [4.69, 9.17) is 14.6 Å². The van der Waals surface area contributed by atoms with Crippen molar-refractivity contribution in [2.45, 2.75) is 58.5 Å². The number of rotatable bonds is 11. The lowest BCUT2D eigenvalue weighted by atomic mass is 9.94. The van der Waals surface area contributed by atoms with Crippen LogP contribution in [0.1, 0.15) is 52.9 Å². The minimum atomic E-state index is 0.00728. The fourth-order valence-electron chi connectivity index (χ4n) is 1.86. The molecule has 3 heteroatoms. The minimum Gasteiger partial charge on any atom is -0.394 e. The van der Waals surface area contributed by atoms with E-state index in [9.17, 15) is 0 Å². The maximum atomic E-state index is 8.56. The lowest BCUT2D eigenvalue weighted by Crippen LogP contribution is -2.30. The van der Waals surface area contributed by atoms with E-state index in [1.54, 1.807) is 0 Å². The maximum Gasteiger partial charge on any atom is 0.0707 e. The number of unbranched alkanes of at least 4 members (excludes halogenated alkanes) is 1. The van der Waals surface area contributed by atoms with Crippen molar-refractivity contribution >= 4 is 0 Å². The van der Waals surface area contributed by atoms with Crippen LogP contribution in [0.4, 0.5) is 0 Å². The Morgan fingerprint density at radius 1 is 1.00 bits per heavy atom. The molecule has 0 fully saturated rings. The van der Waals surface area contributed by atoms with Crippen LogP contribution in [0, 0.1) is 0 Å². The average molecular weight is 232 g/mol. The van der Waals surface area contributed by atoms with Gasteiger partial charge in [-0.25, -0.2) is 0 Å². The summed E-state index contributed by atoms with van der Waals surface area (Å²) in [5.74, 6) is 0. The normalized spacial score (nSPS) is 15.0. The number of hydrogen-bond acceptors (Lipinski definition) is 3. The molecule has 0 saturated carbocycles. The molecular formula is C13H28O3. The molecule has 0 rings (SSSR count). The van der Waals surface area contributed by atoms with E-state index in [1.807, 2.05) is 0 Å². The summed E-state index contributed by atoms with van der Waals surface area (Å²) in [7, 11) is 0. The Kier molecular flexibility index (Phi) is 9.99. The van der Waals surface area contributed by atoms with Crippen LogP contribution in [0.3, 0.4) is 0 Å². The fraction of sp³-hybridized carbons (Fsp3) is 1.00.